The minimum absolute atomic E-state index is 0.0765. The molecule has 0 bridgehead atoms. The van der Waals surface area contributed by atoms with Crippen molar-refractivity contribution in [1.82, 2.24) is 4.31 Å². The van der Waals surface area contributed by atoms with E-state index in [4.69, 9.17) is 9.84 Å². The minimum Gasteiger partial charge on any atom is -0.392 e. The molecular formula is C13H18FNO4S. The first-order chi connectivity index (χ1) is 9.50. The van der Waals surface area contributed by atoms with E-state index in [1.54, 1.807) is 0 Å². The van der Waals surface area contributed by atoms with Gasteiger partial charge in [-0.2, -0.15) is 4.31 Å². The fourth-order valence-electron chi connectivity index (χ4n) is 2.01. The maximum atomic E-state index is 13.8. The second-order valence-electron chi connectivity index (χ2n) is 4.76. The van der Waals surface area contributed by atoms with E-state index < -0.39 is 15.8 Å². The third-order valence-corrected chi connectivity index (χ3v) is 5.20. The molecule has 0 aromatic heterocycles. The Bertz CT molecular complexity index is 572. The van der Waals surface area contributed by atoms with Crippen molar-refractivity contribution in [2.45, 2.75) is 30.4 Å². The molecule has 20 heavy (non-hydrogen) atoms. The number of methoxy groups -OCH3 is 1. The van der Waals surface area contributed by atoms with Gasteiger partial charge in [-0.3, -0.25) is 0 Å². The highest BCUT2D eigenvalue weighted by Crippen LogP contribution is 2.32. The predicted octanol–water partition coefficient (Wildman–Crippen LogP) is 1.12. The van der Waals surface area contributed by atoms with Crippen LogP contribution >= 0.6 is 0 Å². The van der Waals surface area contributed by atoms with Gasteiger partial charge in [-0.1, -0.05) is 6.07 Å². The number of hydrogen-bond donors (Lipinski definition) is 1. The van der Waals surface area contributed by atoms with E-state index in [0.29, 0.717) is 5.56 Å². The van der Waals surface area contributed by atoms with Crippen LogP contribution in [0.4, 0.5) is 4.39 Å². The lowest BCUT2D eigenvalue weighted by molar-refractivity contribution is 0.177. The molecule has 1 aliphatic carbocycles. The summed E-state index contributed by atoms with van der Waals surface area (Å²) in [7, 11) is -2.42. The SMILES string of the molecule is COCCN(C1CC1)S(=O)(=O)c1cc(CO)ccc1F. The Morgan fingerprint density at radius 3 is 2.70 bits per heavy atom. The summed E-state index contributed by atoms with van der Waals surface area (Å²) in [6.07, 6.45) is 1.56. The Morgan fingerprint density at radius 2 is 2.15 bits per heavy atom. The molecule has 1 aromatic carbocycles. The number of ether oxygens (including phenoxy) is 1. The standard InChI is InChI=1S/C13H18FNO4S/c1-19-7-6-15(11-3-4-11)20(17,18)13-8-10(9-16)2-5-12(13)14/h2,5,8,11,16H,3-4,6-7,9H2,1H3. The van der Waals surface area contributed by atoms with Gasteiger partial charge in [0, 0.05) is 19.7 Å². The molecule has 0 atom stereocenters. The molecule has 0 spiro atoms. The van der Waals surface area contributed by atoms with Crippen LogP contribution in [0.3, 0.4) is 0 Å². The van der Waals surface area contributed by atoms with Crippen LogP contribution in [0.25, 0.3) is 0 Å². The summed E-state index contributed by atoms with van der Waals surface area (Å²) in [5.41, 5.74) is 0.368. The van der Waals surface area contributed by atoms with Gasteiger partial charge in [-0.25, -0.2) is 12.8 Å². The van der Waals surface area contributed by atoms with Gasteiger partial charge in [-0.15, -0.1) is 0 Å². The maximum Gasteiger partial charge on any atom is 0.246 e. The van der Waals surface area contributed by atoms with Gasteiger partial charge in [0.1, 0.15) is 10.7 Å². The van der Waals surface area contributed by atoms with Gasteiger partial charge in [-0.05, 0) is 30.5 Å². The quantitative estimate of drug-likeness (QED) is 0.819. The molecule has 112 valence electrons. The van der Waals surface area contributed by atoms with Crippen molar-refractivity contribution >= 4 is 10.0 Å². The van der Waals surface area contributed by atoms with E-state index in [0.717, 1.165) is 18.9 Å². The number of hydrogen-bond acceptors (Lipinski definition) is 4. The molecule has 1 aromatic rings. The third-order valence-electron chi connectivity index (χ3n) is 3.23. The number of sulfonamides is 1. The zero-order valence-electron chi connectivity index (χ0n) is 11.3. The summed E-state index contributed by atoms with van der Waals surface area (Å²) in [5.74, 6) is -0.801. The van der Waals surface area contributed by atoms with Crippen LogP contribution < -0.4 is 0 Å². The number of aliphatic hydroxyl groups excluding tert-OH is 1. The molecular weight excluding hydrogens is 285 g/mol. The molecule has 5 nitrogen and oxygen atoms in total. The molecule has 0 unspecified atom stereocenters. The van der Waals surface area contributed by atoms with Crippen LogP contribution in [0.2, 0.25) is 0 Å². The van der Waals surface area contributed by atoms with Gasteiger partial charge < -0.3 is 9.84 Å². The van der Waals surface area contributed by atoms with Crippen molar-refractivity contribution in [1.29, 1.82) is 0 Å². The number of nitrogens with zero attached hydrogens (tertiary/aromatic N) is 1. The van der Waals surface area contributed by atoms with E-state index >= 15 is 0 Å². The predicted molar refractivity (Wildman–Crippen MR) is 71.1 cm³/mol. The van der Waals surface area contributed by atoms with Crippen molar-refractivity contribution in [3.63, 3.8) is 0 Å². The van der Waals surface area contributed by atoms with Crippen molar-refractivity contribution in [3.8, 4) is 0 Å². The first-order valence-corrected chi connectivity index (χ1v) is 7.84. The third kappa shape index (κ3) is 3.17. The first kappa shape index (κ1) is 15.4. The Labute approximate surface area is 118 Å². The topological polar surface area (TPSA) is 66.8 Å². The molecule has 1 saturated carbocycles. The largest absolute Gasteiger partial charge is 0.392 e. The summed E-state index contributed by atoms with van der Waals surface area (Å²) in [6, 6.07) is 3.55. The fraction of sp³-hybridized carbons (Fsp3) is 0.538. The molecule has 0 radical (unpaired) electrons. The van der Waals surface area contributed by atoms with E-state index in [2.05, 4.69) is 0 Å². The monoisotopic (exact) mass is 303 g/mol. The maximum absolute atomic E-state index is 13.8. The fourth-order valence-corrected chi connectivity index (χ4v) is 3.80. The van der Waals surface area contributed by atoms with Crippen molar-refractivity contribution in [2.24, 2.45) is 0 Å². The molecule has 0 saturated heterocycles. The molecule has 7 heteroatoms. The van der Waals surface area contributed by atoms with Crippen molar-refractivity contribution in [2.75, 3.05) is 20.3 Å². The molecule has 1 N–H and O–H groups in total. The van der Waals surface area contributed by atoms with Gasteiger partial charge in [0.2, 0.25) is 10.0 Å². The van der Waals surface area contributed by atoms with Crippen LogP contribution in [-0.2, 0) is 21.4 Å². The zero-order chi connectivity index (χ0) is 14.8. The summed E-state index contributed by atoms with van der Waals surface area (Å²) in [6.45, 7) is 0.133. The molecule has 0 aliphatic heterocycles. The van der Waals surface area contributed by atoms with Crippen LogP contribution in [-0.4, -0.2) is 44.1 Å². The lowest BCUT2D eigenvalue weighted by Gasteiger charge is -2.22. The Balaban J connectivity index is 2.36. The highest BCUT2D eigenvalue weighted by molar-refractivity contribution is 7.89. The van der Waals surface area contributed by atoms with E-state index in [1.165, 1.54) is 23.5 Å². The van der Waals surface area contributed by atoms with Crippen molar-refractivity contribution in [3.05, 3.63) is 29.6 Å². The smallest absolute Gasteiger partial charge is 0.246 e. The van der Waals surface area contributed by atoms with E-state index in [9.17, 15) is 12.8 Å². The number of halogens is 1. The summed E-state index contributed by atoms with van der Waals surface area (Å²) in [5, 5.41) is 9.07. The van der Waals surface area contributed by atoms with E-state index in [-0.39, 0.29) is 30.7 Å². The molecule has 1 aliphatic rings. The van der Waals surface area contributed by atoms with Crippen LogP contribution in [0.15, 0.2) is 23.1 Å². The molecule has 0 heterocycles. The van der Waals surface area contributed by atoms with Gasteiger partial charge >= 0.3 is 0 Å². The Hall–Kier alpha value is -1.02. The van der Waals surface area contributed by atoms with Gasteiger partial charge in [0.05, 0.1) is 13.2 Å². The highest BCUT2D eigenvalue weighted by atomic mass is 32.2. The number of benzene rings is 1. The van der Waals surface area contributed by atoms with Gasteiger partial charge in [0.25, 0.3) is 0 Å². The van der Waals surface area contributed by atoms with Crippen LogP contribution in [0, 0.1) is 5.82 Å². The molecule has 0 amide bonds. The highest BCUT2D eigenvalue weighted by Gasteiger charge is 2.38. The summed E-state index contributed by atoms with van der Waals surface area (Å²) in [4.78, 5) is -0.382. The Kier molecular flexibility index (Phi) is 4.74. The average Bonchev–Trinajstić information content (AvgIpc) is 3.24. The van der Waals surface area contributed by atoms with Crippen LogP contribution in [0.5, 0.6) is 0 Å². The van der Waals surface area contributed by atoms with Crippen molar-refractivity contribution < 1.29 is 22.7 Å². The molecule has 1 fully saturated rings. The number of rotatable bonds is 7. The first-order valence-electron chi connectivity index (χ1n) is 6.40. The summed E-state index contributed by atoms with van der Waals surface area (Å²) >= 11 is 0. The number of aliphatic hydroxyl groups is 1. The molecule has 2 rings (SSSR count). The average molecular weight is 303 g/mol. The van der Waals surface area contributed by atoms with E-state index in [1.807, 2.05) is 0 Å². The van der Waals surface area contributed by atoms with Gasteiger partial charge in [0.15, 0.2) is 0 Å². The second-order valence-corrected chi connectivity index (χ2v) is 6.62. The minimum atomic E-state index is -3.91. The zero-order valence-corrected chi connectivity index (χ0v) is 12.1. The lowest BCUT2D eigenvalue weighted by Crippen LogP contribution is -2.36. The second kappa shape index (κ2) is 6.17. The van der Waals surface area contributed by atoms with Crippen LogP contribution in [0.1, 0.15) is 18.4 Å². The lowest BCUT2D eigenvalue weighted by atomic mass is 10.2. The summed E-state index contributed by atoms with van der Waals surface area (Å²) < 4.78 is 45.2. The Morgan fingerprint density at radius 1 is 1.45 bits per heavy atom. The normalized spacial score (nSPS) is 15.8.